The first kappa shape index (κ1) is 13.7. The fourth-order valence-electron chi connectivity index (χ4n) is 2.21. The van der Waals surface area contributed by atoms with Crippen LogP contribution in [0.2, 0.25) is 0 Å². The Balaban J connectivity index is 2.46. The smallest absolute Gasteiger partial charge is 0.340 e. The lowest BCUT2D eigenvalue weighted by Gasteiger charge is -2.08. The van der Waals surface area contributed by atoms with Gasteiger partial charge in [0.2, 0.25) is 0 Å². The molecule has 1 heterocycles. The summed E-state index contributed by atoms with van der Waals surface area (Å²) in [5, 5.41) is 19.1. The molecular formula is C15H10N2O5. The van der Waals surface area contributed by atoms with Crippen LogP contribution in [0, 0.1) is 0 Å². The van der Waals surface area contributed by atoms with Gasteiger partial charge in [0.25, 0.3) is 0 Å². The van der Waals surface area contributed by atoms with Gasteiger partial charge in [-0.15, -0.1) is 0 Å². The Morgan fingerprint density at radius 1 is 1.00 bits per heavy atom. The van der Waals surface area contributed by atoms with Crippen LogP contribution >= 0.6 is 0 Å². The van der Waals surface area contributed by atoms with Gasteiger partial charge in [-0.25, -0.2) is 19.6 Å². The number of fused-ring (bicyclic) bond motifs is 2. The van der Waals surface area contributed by atoms with Crippen molar-refractivity contribution in [3.8, 4) is 5.75 Å². The van der Waals surface area contributed by atoms with E-state index in [2.05, 4.69) is 14.7 Å². The zero-order valence-electron chi connectivity index (χ0n) is 11.4. The van der Waals surface area contributed by atoms with Crippen LogP contribution in [0.25, 0.3) is 22.1 Å². The predicted octanol–water partition coefficient (Wildman–Crippen LogP) is 1.97. The van der Waals surface area contributed by atoms with Gasteiger partial charge in [0.1, 0.15) is 22.3 Å². The summed E-state index contributed by atoms with van der Waals surface area (Å²) >= 11 is 0. The highest BCUT2D eigenvalue weighted by Crippen LogP contribution is 2.28. The number of phenols is 1. The van der Waals surface area contributed by atoms with E-state index in [1.165, 1.54) is 31.4 Å². The molecule has 0 saturated carbocycles. The third-order valence-electron chi connectivity index (χ3n) is 3.24. The van der Waals surface area contributed by atoms with E-state index >= 15 is 0 Å². The van der Waals surface area contributed by atoms with Crippen LogP contribution < -0.4 is 0 Å². The molecule has 1 aromatic heterocycles. The van der Waals surface area contributed by atoms with Gasteiger partial charge in [-0.3, -0.25) is 0 Å². The molecule has 22 heavy (non-hydrogen) atoms. The molecule has 7 heteroatoms. The maximum atomic E-state index is 11.8. The van der Waals surface area contributed by atoms with Crippen molar-refractivity contribution in [1.82, 2.24) is 9.97 Å². The third-order valence-corrected chi connectivity index (χ3v) is 3.24. The number of para-hydroxylation sites is 1. The molecule has 0 aliphatic carbocycles. The minimum Gasteiger partial charge on any atom is -0.506 e. The molecular weight excluding hydrogens is 288 g/mol. The number of carbonyl (C=O) groups excluding carboxylic acids is 1. The molecule has 0 unspecified atom stereocenters. The van der Waals surface area contributed by atoms with Crippen molar-refractivity contribution in [2.45, 2.75) is 0 Å². The second-order valence-electron chi connectivity index (χ2n) is 4.52. The molecule has 0 aliphatic heterocycles. The van der Waals surface area contributed by atoms with Crippen molar-refractivity contribution >= 4 is 34.0 Å². The lowest BCUT2D eigenvalue weighted by molar-refractivity contribution is 0.0601. The summed E-state index contributed by atoms with van der Waals surface area (Å²) in [7, 11) is 1.23. The number of hydrogen-bond donors (Lipinski definition) is 2. The summed E-state index contributed by atoms with van der Waals surface area (Å²) in [6.45, 7) is 0. The van der Waals surface area contributed by atoms with Crippen LogP contribution in [0.5, 0.6) is 5.75 Å². The number of benzene rings is 2. The molecule has 7 nitrogen and oxygen atoms in total. The summed E-state index contributed by atoms with van der Waals surface area (Å²) in [6.07, 6.45) is 0. The van der Waals surface area contributed by atoms with Gasteiger partial charge < -0.3 is 14.9 Å². The summed E-state index contributed by atoms with van der Waals surface area (Å²) in [4.78, 5) is 31.5. The number of hydrogen-bond acceptors (Lipinski definition) is 6. The first-order valence-electron chi connectivity index (χ1n) is 6.27. The molecule has 0 fully saturated rings. The van der Waals surface area contributed by atoms with E-state index in [0.29, 0.717) is 5.52 Å². The van der Waals surface area contributed by atoms with E-state index in [1.54, 1.807) is 6.07 Å². The van der Waals surface area contributed by atoms with E-state index in [9.17, 15) is 19.8 Å². The number of esters is 1. The molecule has 3 rings (SSSR count). The molecule has 0 radical (unpaired) electrons. The van der Waals surface area contributed by atoms with Crippen molar-refractivity contribution in [3.63, 3.8) is 0 Å². The van der Waals surface area contributed by atoms with Crippen molar-refractivity contribution in [1.29, 1.82) is 0 Å². The monoisotopic (exact) mass is 298 g/mol. The SMILES string of the molecule is COC(=O)c1ccc(O)c2nc3c(C(=O)O)cccc3nc12. The Morgan fingerprint density at radius 2 is 1.77 bits per heavy atom. The number of ether oxygens (including phenoxy) is 1. The standard InChI is InChI=1S/C15H10N2O5/c1-22-15(21)8-5-6-10(18)13-12(8)16-9-4-2-3-7(14(19)20)11(9)17-13/h2-6,18H,1H3,(H,19,20). The van der Waals surface area contributed by atoms with Crippen molar-refractivity contribution in [3.05, 3.63) is 41.5 Å². The van der Waals surface area contributed by atoms with Crippen LogP contribution in [0.1, 0.15) is 20.7 Å². The van der Waals surface area contributed by atoms with Gasteiger partial charge in [-0.1, -0.05) is 6.07 Å². The number of methoxy groups -OCH3 is 1. The Bertz CT molecular complexity index is 936. The number of aromatic nitrogens is 2. The third kappa shape index (κ3) is 1.99. The molecule has 3 aromatic rings. The van der Waals surface area contributed by atoms with E-state index in [0.717, 1.165) is 0 Å². The Kier molecular flexibility index (Phi) is 3.10. The van der Waals surface area contributed by atoms with E-state index in [-0.39, 0.29) is 33.4 Å². The topological polar surface area (TPSA) is 110 Å². The molecule has 0 saturated heterocycles. The Labute approximate surface area is 123 Å². The molecule has 2 N–H and O–H groups in total. The summed E-state index contributed by atoms with van der Waals surface area (Å²) in [5.74, 6) is -1.96. The van der Waals surface area contributed by atoms with Gasteiger partial charge in [0.05, 0.1) is 23.8 Å². The van der Waals surface area contributed by atoms with Crippen molar-refractivity contribution in [2.24, 2.45) is 0 Å². The zero-order chi connectivity index (χ0) is 15.9. The van der Waals surface area contributed by atoms with Crippen LogP contribution in [0.4, 0.5) is 0 Å². The highest BCUT2D eigenvalue weighted by molar-refractivity contribution is 6.07. The number of phenolic OH excluding ortho intramolecular Hbond substituents is 1. The first-order valence-corrected chi connectivity index (χ1v) is 6.27. The number of carbonyl (C=O) groups is 2. The average molecular weight is 298 g/mol. The quantitative estimate of drug-likeness (QED) is 0.549. The summed E-state index contributed by atoms with van der Waals surface area (Å²) in [5.41, 5.74) is 0.758. The van der Waals surface area contributed by atoms with Crippen LogP contribution in [-0.2, 0) is 4.74 Å². The Morgan fingerprint density at radius 3 is 2.45 bits per heavy atom. The van der Waals surface area contributed by atoms with Gasteiger partial charge >= 0.3 is 11.9 Å². The molecule has 110 valence electrons. The normalized spacial score (nSPS) is 10.8. The minimum atomic E-state index is -1.15. The van der Waals surface area contributed by atoms with Crippen LogP contribution in [0.15, 0.2) is 30.3 Å². The highest BCUT2D eigenvalue weighted by atomic mass is 16.5. The highest BCUT2D eigenvalue weighted by Gasteiger charge is 2.18. The van der Waals surface area contributed by atoms with Gasteiger partial charge in [-0.05, 0) is 24.3 Å². The predicted molar refractivity (Wildman–Crippen MR) is 77.0 cm³/mol. The summed E-state index contributed by atoms with van der Waals surface area (Å²) < 4.78 is 4.68. The average Bonchev–Trinajstić information content (AvgIpc) is 2.52. The van der Waals surface area contributed by atoms with Gasteiger partial charge in [0.15, 0.2) is 0 Å². The van der Waals surface area contributed by atoms with Crippen LogP contribution in [-0.4, -0.2) is 39.2 Å². The Hall–Kier alpha value is -3.22. The molecule has 0 spiro atoms. The molecule has 0 bridgehead atoms. The number of carboxylic acid groups (broad SMARTS) is 1. The number of aromatic hydroxyl groups is 1. The maximum Gasteiger partial charge on any atom is 0.340 e. The molecule has 0 aliphatic rings. The molecule has 2 aromatic carbocycles. The largest absolute Gasteiger partial charge is 0.506 e. The fourth-order valence-corrected chi connectivity index (χ4v) is 2.21. The second-order valence-corrected chi connectivity index (χ2v) is 4.52. The van der Waals surface area contributed by atoms with Gasteiger partial charge in [0, 0.05) is 0 Å². The van der Waals surface area contributed by atoms with Crippen LogP contribution in [0.3, 0.4) is 0 Å². The molecule has 0 amide bonds. The first-order chi connectivity index (χ1) is 10.5. The summed E-state index contributed by atoms with van der Waals surface area (Å²) in [6, 6.07) is 7.18. The zero-order valence-corrected chi connectivity index (χ0v) is 11.4. The second kappa shape index (κ2) is 4.96. The lowest BCUT2D eigenvalue weighted by atomic mass is 10.1. The molecule has 0 atom stereocenters. The maximum absolute atomic E-state index is 11.8. The van der Waals surface area contributed by atoms with E-state index in [4.69, 9.17) is 0 Å². The van der Waals surface area contributed by atoms with E-state index < -0.39 is 11.9 Å². The van der Waals surface area contributed by atoms with E-state index in [1.807, 2.05) is 0 Å². The van der Waals surface area contributed by atoms with Gasteiger partial charge in [-0.2, -0.15) is 0 Å². The minimum absolute atomic E-state index is 0.0326. The number of nitrogens with zero attached hydrogens (tertiary/aromatic N) is 2. The fraction of sp³-hybridized carbons (Fsp3) is 0.0667. The van der Waals surface area contributed by atoms with Crippen molar-refractivity contribution in [2.75, 3.05) is 7.11 Å². The van der Waals surface area contributed by atoms with Crippen molar-refractivity contribution < 1.29 is 24.5 Å². The number of carboxylic acids is 1. The number of aromatic carboxylic acids is 1. The number of rotatable bonds is 2. The lowest BCUT2D eigenvalue weighted by Crippen LogP contribution is -2.05.